The average molecular weight is 364 g/mol. The molecular weight excluding hydrogens is 343 g/mol. The van der Waals surface area contributed by atoms with E-state index >= 15 is 0 Å². The van der Waals surface area contributed by atoms with Crippen LogP contribution < -0.4 is 10.0 Å². The molecule has 5 nitrogen and oxygen atoms in total. The van der Waals surface area contributed by atoms with Crippen molar-refractivity contribution in [3.05, 3.63) is 65.5 Å². The number of sulfonamides is 1. The highest BCUT2D eigenvalue weighted by Gasteiger charge is 2.22. The summed E-state index contributed by atoms with van der Waals surface area (Å²) in [6.07, 6.45) is 0. The maximum Gasteiger partial charge on any atom is 0.251 e. The third kappa shape index (κ3) is 5.65. The summed E-state index contributed by atoms with van der Waals surface area (Å²) in [5.74, 6) is -0.673. The predicted molar refractivity (Wildman–Crippen MR) is 94.1 cm³/mol. The van der Waals surface area contributed by atoms with Gasteiger partial charge in [0.05, 0.1) is 4.90 Å². The van der Waals surface area contributed by atoms with E-state index in [1.165, 1.54) is 36.4 Å². The van der Waals surface area contributed by atoms with Gasteiger partial charge < -0.3 is 5.32 Å². The number of carbonyl (C=O) groups is 1. The summed E-state index contributed by atoms with van der Waals surface area (Å²) in [5, 5.41) is 2.70. The smallest absolute Gasteiger partial charge is 0.251 e. The van der Waals surface area contributed by atoms with Crippen LogP contribution >= 0.6 is 0 Å². The van der Waals surface area contributed by atoms with Crippen LogP contribution in [0.4, 0.5) is 4.39 Å². The fraction of sp³-hybridized carbons (Fsp3) is 0.278. The number of benzene rings is 2. The normalized spacial score (nSPS) is 12.0. The first-order valence-electron chi connectivity index (χ1n) is 7.73. The van der Waals surface area contributed by atoms with Crippen LogP contribution in [0.15, 0.2) is 53.4 Å². The topological polar surface area (TPSA) is 75.3 Å². The molecule has 0 aliphatic heterocycles. The van der Waals surface area contributed by atoms with Gasteiger partial charge in [-0.25, -0.2) is 17.5 Å². The predicted octanol–water partition coefficient (Wildman–Crippen LogP) is 2.83. The lowest BCUT2D eigenvalue weighted by Gasteiger charge is -2.20. The zero-order valence-electron chi connectivity index (χ0n) is 14.3. The molecule has 0 saturated carbocycles. The third-order valence-electron chi connectivity index (χ3n) is 3.23. The summed E-state index contributed by atoms with van der Waals surface area (Å²) in [4.78, 5) is 12.2. The van der Waals surface area contributed by atoms with Crippen LogP contribution in [0.5, 0.6) is 0 Å². The highest BCUT2D eigenvalue weighted by Crippen LogP contribution is 2.14. The molecule has 0 bridgehead atoms. The van der Waals surface area contributed by atoms with E-state index in [2.05, 4.69) is 10.0 Å². The Morgan fingerprint density at radius 1 is 1.00 bits per heavy atom. The highest BCUT2D eigenvalue weighted by atomic mass is 32.2. The Kier molecular flexibility index (Phi) is 5.59. The quantitative estimate of drug-likeness (QED) is 0.857. The van der Waals surface area contributed by atoms with Crippen LogP contribution in [0.2, 0.25) is 0 Å². The summed E-state index contributed by atoms with van der Waals surface area (Å²) in [6.45, 7) is 5.51. The fourth-order valence-corrected chi connectivity index (χ4v) is 3.55. The molecule has 0 saturated heterocycles. The van der Waals surface area contributed by atoms with E-state index in [1.54, 1.807) is 32.9 Å². The van der Waals surface area contributed by atoms with Gasteiger partial charge in [0, 0.05) is 17.6 Å². The van der Waals surface area contributed by atoms with E-state index < -0.39 is 15.6 Å². The second kappa shape index (κ2) is 7.33. The van der Waals surface area contributed by atoms with Crippen LogP contribution in [0.1, 0.15) is 36.7 Å². The minimum atomic E-state index is -3.64. The molecule has 2 aromatic carbocycles. The van der Waals surface area contributed by atoms with E-state index in [4.69, 9.17) is 0 Å². The summed E-state index contributed by atoms with van der Waals surface area (Å²) >= 11 is 0. The van der Waals surface area contributed by atoms with Crippen molar-refractivity contribution in [2.75, 3.05) is 0 Å². The Balaban J connectivity index is 2.03. The molecular formula is C18H21FN2O3S. The third-order valence-corrected chi connectivity index (χ3v) is 5.01. The number of carbonyl (C=O) groups excluding carboxylic acids is 1. The molecule has 1 amide bonds. The van der Waals surface area contributed by atoms with Crippen LogP contribution in [-0.4, -0.2) is 19.9 Å². The van der Waals surface area contributed by atoms with Crippen LogP contribution in [-0.2, 0) is 16.6 Å². The van der Waals surface area contributed by atoms with Crippen molar-refractivity contribution in [3.8, 4) is 0 Å². The summed E-state index contributed by atoms with van der Waals surface area (Å²) in [7, 11) is -3.64. The van der Waals surface area contributed by atoms with E-state index in [0.717, 1.165) is 5.56 Å². The standard InChI is InChI=1S/C18H21FN2O3S/c1-18(2,3)21-25(23,24)16-10-6-14(7-11-16)17(22)20-12-13-4-8-15(19)9-5-13/h4-11,21H,12H2,1-3H3,(H,20,22). The zero-order valence-corrected chi connectivity index (χ0v) is 15.2. The number of amides is 1. The van der Waals surface area contributed by atoms with E-state index in [1.807, 2.05) is 0 Å². The Morgan fingerprint density at radius 3 is 2.08 bits per heavy atom. The van der Waals surface area contributed by atoms with Gasteiger partial charge in [0.15, 0.2) is 0 Å². The van der Waals surface area contributed by atoms with Crippen LogP contribution in [0, 0.1) is 5.82 Å². The number of hydrogen-bond donors (Lipinski definition) is 2. The first-order chi connectivity index (χ1) is 11.6. The maximum atomic E-state index is 12.8. The van der Waals surface area contributed by atoms with Gasteiger partial charge >= 0.3 is 0 Å². The highest BCUT2D eigenvalue weighted by molar-refractivity contribution is 7.89. The molecule has 0 unspecified atom stereocenters. The molecule has 2 aromatic rings. The Morgan fingerprint density at radius 2 is 1.56 bits per heavy atom. The molecule has 134 valence electrons. The van der Waals surface area contributed by atoms with Gasteiger partial charge in [-0.1, -0.05) is 12.1 Å². The molecule has 0 aliphatic rings. The summed E-state index contributed by atoms with van der Waals surface area (Å²) in [6, 6.07) is 11.5. The molecule has 7 heteroatoms. The molecule has 0 fully saturated rings. The second-order valence-corrected chi connectivity index (χ2v) is 8.37. The lowest BCUT2D eigenvalue weighted by Crippen LogP contribution is -2.40. The Bertz CT molecular complexity index is 839. The zero-order chi connectivity index (χ0) is 18.7. The van der Waals surface area contributed by atoms with Crippen molar-refractivity contribution >= 4 is 15.9 Å². The number of rotatable bonds is 5. The molecule has 2 rings (SSSR count). The summed E-state index contributed by atoms with van der Waals surface area (Å²) in [5.41, 5.74) is 0.518. The van der Waals surface area contributed by atoms with Gasteiger partial charge in [-0.15, -0.1) is 0 Å². The average Bonchev–Trinajstić information content (AvgIpc) is 2.52. The Hall–Kier alpha value is -2.25. The molecule has 0 aromatic heterocycles. The van der Waals surface area contributed by atoms with Crippen molar-refractivity contribution in [3.63, 3.8) is 0 Å². The number of halogens is 1. The largest absolute Gasteiger partial charge is 0.348 e. The minimum Gasteiger partial charge on any atom is -0.348 e. The summed E-state index contributed by atoms with van der Waals surface area (Å²) < 4.78 is 39.8. The second-order valence-electron chi connectivity index (χ2n) is 6.69. The minimum absolute atomic E-state index is 0.0949. The lowest BCUT2D eigenvalue weighted by atomic mass is 10.1. The van der Waals surface area contributed by atoms with E-state index in [0.29, 0.717) is 5.56 Å². The molecule has 2 N–H and O–H groups in total. The van der Waals surface area contributed by atoms with Crippen molar-refractivity contribution < 1.29 is 17.6 Å². The van der Waals surface area contributed by atoms with Gasteiger partial charge in [0.25, 0.3) is 5.91 Å². The van der Waals surface area contributed by atoms with Gasteiger partial charge in [-0.05, 0) is 62.7 Å². The monoisotopic (exact) mass is 364 g/mol. The fourth-order valence-electron chi connectivity index (χ4n) is 2.13. The van der Waals surface area contributed by atoms with Gasteiger partial charge in [-0.2, -0.15) is 0 Å². The van der Waals surface area contributed by atoms with E-state index in [-0.39, 0.29) is 23.2 Å². The van der Waals surface area contributed by atoms with Crippen molar-refractivity contribution in [2.45, 2.75) is 37.8 Å². The first kappa shape index (κ1) is 19.1. The van der Waals surface area contributed by atoms with Gasteiger partial charge in [0.1, 0.15) is 5.82 Å². The maximum absolute atomic E-state index is 12.8. The molecule has 0 heterocycles. The van der Waals surface area contributed by atoms with Crippen LogP contribution in [0.25, 0.3) is 0 Å². The molecule has 0 aliphatic carbocycles. The van der Waals surface area contributed by atoms with Crippen molar-refractivity contribution in [1.82, 2.24) is 10.0 Å². The number of nitrogens with one attached hydrogen (secondary N) is 2. The van der Waals surface area contributed by atoms with E-state index in [9.17, 15) is 17.6 Å². The van der Waals surface area contributed by atoms with Gasteiger partial charge in [-0.3, -0.25) is 4.79 Å². The molecule has 0 radical (unpaired) electrons. The first-order valence-corrected chi connectivity index (χ1v) is 9.22. The SMILES string of the molecule is CC(C)(C)NS(=O)(=O)c1ccc(C(=O)NCc2ccc(F)cc2)cc1. The Labute approximate surface area is 147 Å². The van der Waals surface area contributed by atoms with Crippen molar-refractivity contribution in [1.29, 1.82) is 0 Å². The molecule has 25 heavy (non-hydrogen) atoms. The lowest BCUT2D eigenvalue weighted by molar-refractivity contribution is 0.0951. The van der Waals surface area contributed by atoms with Gasteiger partial charge in [0.2, 0.25) is 10.0 Å². The van der Waals surface area contributed by atoms with Crippen molar-refractivity contribution in [2.24, 2.45) is 0 Å². The molecule has 0 spiro atoms. The number of hydrogen-bond acceptors (Lipinski definition) is 3. The molecule has 0 atom stereocenters. The van der Waals surface area contributed by atoms with Crippen LogP contribution in [0.3, 0.4) is 0 Å².